The Bertz CT molecular complexity index is 1260. The summed E-state index contributed by atoms with van der Waals surface area (Å²) in [4.78, 5) is 17.5. The summed E-state index contributed by atoms with van der Waals surface area (Å²) in [5, 5.41) is 12.6. The van der Waals surface area contributed by atoms with E-state index in [-0.39, 0.29) is 17.7 Å². The average molecular weight is 477 g/mol. The highest BCUT2D eigenvalue weighted by Crippen LogP contribution is 2.26. The Morgan fingerprint density at radius 3 is 2.62 bits per heavy atom. The first kappa shape index (κ1) is 23.6. The summed E-state index contributed by atoms with van der Waals surface area (Å²) in [5.41, 5.74) is 3.10. The molecule has 0 saturated carbocycles. The van der Waals surface area contributed by atoms with Crippen molar-refractivity contribution in [3.8, 4) is 17.1 Å². The summed E-state index contributed by atoms with van der Waals surface area (Å²) in [6.45, 7) is 4.81. The van der Waals surface area contributed by atoms with Crippen molar-refractivity contribution in [3.63, 3.8) is 0 Å². The van der Waals surface area contributed by atoms with Crippen molar-refractivity contribution in [2.24, 2.45) is 7.05 Å². The third-order valence-electron chi connectivity index (χ3n) is 5.51. The second kappa shape index (κ2) is 10.6. The molecule has 1 atom stereocenters. The van der Waals surface area contributed by atoms with Gasteiger partial charge in [0, 0.05) is 31.5 Å². The Kier molecular flexibility index (Phi) is 7.32. The standard InChI is InChI=1S/C25H28N6O2S/c1-5-31-23(19-8-6-7-17(2)15-19)28-29-25(31)34-16-21(32)27-22(24-26-13-14-30(24)3)18-9-11-20(33-4)12-10-18/h6-15,22H,5,16H2,1-4H3,(H,27,32). The molecule has 34 heavy (non-hydrogen) atoms. The largest absolute Gasteiger partial charge is 0.497 e. The zero-order valence-corrected chi connectivity index (χ0v) is 20.5. The SMILES string of the molecule is CCn1c(SCC(=O)NC(c2ccc(OC)cc2)c2nccn2C)nnc1-c1cccc(C)c1. The molecule has 0 spiro atoms. The second-order valence-corrected chi connectivity index (χ2v) is 8.82. The van der Waals surface area contributed by atoms with Crippen LogP contribution in [0.1, 0.15) is 29.9 Å². The molecule has 0 aliphatic rings. The molecule has 1 unspecified atom stereocenters. The van der Waals surface area contributed by atoms with Crippen LogP contribution >= 0.6 is 11.8 Å². The topological polar surface area (TPSA) is 86.9 Å². The Hall–Kier alpha value is -3.59. The predicted octanol–water partition coefficient (Wildman–Crippen LogP) is 4.01. The van der Waals surface area contributed by atoms with Gasteiger partial charge in [0.2, 0.25) is 5.91 Å². The number of imidazole rings is 1. The molecular weight excluding hydrogens is 448 g/mol. The lowest BCUT2D eigenvalue weighted by atomic mass is 10.1. The minimum atomic E-state index is -0.383. The molecule has 4 aromatic rings. The summed E-state index contributed by atoms with van der Waals surface area (Å²) in [7, 11) is 3.54. The summed E-state index contributed by atoms with van der Waals surface area (Å²) in [6, 6.07) is 15.4. The maximum absolute atomic E-state index is 13.0. The van der Waals surface area contributed by atoms with Gasteiger partial charge in [-0.15, -0.1) is 10.2 Å². The van der Waals surface area contributed by atoms with Crippen molar-refractivity contribution >= 4 is 17.7 Å². The van der Waals surface area contributed by atoms with Gasteiger partial charge in [-0.25, -0.2) is 4.98 Å². The number of benzene rings is 2. The first-order valence-corrected chi connectivity index (χ1v) is 12.0. The molecule has 0 radical (unpaired) electrons. The molecule has 0 aliphatic carbocycles. The van der Waals surface area contributed by atoms with Crippen molar-refractivity contribution in [3.05, 3.63) is 77.9 Å². The third kappa shape index (κ3) is 5.14. The van der Waals surface area contributed by atoms with Gasteiger partial charge in [0.15, 0.2) is 11.0 Å². The fourth-order valence-electron chi connectivity index (χ4n) is 3.76. The highest BCUT2D eigenvalue weighted by Gasteiger charge is 2.22. The molecule has 2 heterocycles. The molecule has 176 valence electrons. The summed E-state index contributed by atoms with van der Waals surface area (Å²) < 4.78 is 9.21. The molecule has 1 N–H and O–H groups in total. The quantitative estimate of drug-likeness (QED) is 0.367. The van der Waals surface area contributed by atoms with E-state index in [1.165, 1.54) is 11.8 Å². The second-order valence-electron chi connectivity index (χ2n) is 7.88. The monoisotopic (exact) mass is 476 g/mol. The maximum atomic E-state index is 13.0. The first-order chi connectivity index (χ1) is 16.5. The van der Waals surface area contributed by atoms with Gasteiger partial charge >= 0.3 is 0 Å². The Morgan fingerprint density at radius 1 is 1.18 bits per heavy atom. The lowest BCUT2D eigenvalue weighted by molar-refractivity contribution is -0.119. The Balaban J connectivity index is 1.50. The molecule has 2 aromatic carbocycles. The normalized spacial score (nSPS) is 11.9. The van der Waals surface area contributed by atoms with E-state index < -0.39 is 0 Å². The number of thioether (sulfide) groups is 1. The number of ether oxygens (including phenoxy) is 1. The van der Waals surface area contributed by atoms with Crippen LogP contribution in [0.2, 0.25) is 0 Å². The van der Waals surface area contributed by atoms with E-state index >= 15 is 0 Å². The zero-order valence-electron chi connectivity index (χ0n) is 19.7. The summed E-state index contributed by atoms with van der Waals surface area (Å²) in [5.74, 6) is 2.41. The minimum Gasteiger partial charge on any atom is -0.497 e. The van der Waals surface area contributed by atoms with E-state index in [1.807, 2.05) is 65.7 Å². The number of nitrogens with one attached hydrogen (secondary N) is 1. The summed E-state index contributed by atoms with van der Waals surface area (Å²) >= 11 is 1.37. The number of carbonyl (C=O) groups excluding carboxylic acids is 1. The van der Waals surface area contributed by atoms with Crippen molar-refractivity contribution in [2.45, 2.75) is 31.6 Å². The van der Waals surface area contributed by atoms with Crippen LogP contribution in [-0.4, -0.2) is 43.1 Å². The van der Waals surface area contributed by atoms with E-state index in [9.17, 15) is 4.79 Å². The Labute approximate surface area is 203 Å². The highest BCUT2D eigenvalue weighted by atomic mass is 32.2. The van der Waals surface area contributed by atoms with Gasteiger partial charge in [-0.05, 0) is 37.6 Å². The predicted molar refractivity (Wildman–Crippen MR) is 133 cm³/mol. The zero-order chi connectivity index (χ0) is 24.1. The van der Waals surface area contributed by atoms with Crippen molar-refractivity contribution in [1.82, 2.24) is 29.6 Å². The fraction of sp³-hybridized carbons (Fsp3) is 0.280. The van der Waals surface area contributed by atoms with E-state index in [1.54, 1.807) is 13.3 Å². The van der Waals surface area contributed by atoms with E-state index in [0.29, 0.717) is 11.7 Å². The van der Waals surface area contributed by atoms with Crippen molar-refractivity contribution in [2.75, 3.05) is 12.9 Å². The molecule has 1 amide bonds. The van der Waals surface area contributed by atoms with Crippen LogP contribution in [0.3, 0.4) is 0 Å². The molecule has 4 rings (SSSR count). The van der Waals surface area contributed by atoms with Gasteiger partial charge in [0.25, 0.3) is 0 Å². The lowest BCUT2D eigenvalue weighted by Gasteiger charge is -2.19. The molecule has 8 nitrogen and oxygen atoms in total. The number of methoxy groups -OCH3 is 1. The molecule has 2 aromatic heterocycles. The number of hydrogen-bond acceptors (Lipinski definition) is 6. The van der Waals surface area contributed by atoms with E-state index in [0.717, 1.165) is 34.1 Å². The van der Waals surface area contributed by atoms with E-state index in [4.69, 9.17) is 4.74 Å². The first-order valence-electron chi connectivity index (χ1n) is 11.0. The number of nitrogens with zero attached hydrogens (tertiary/aromatic N) is 5. The maximum Gasteiger partial charge on any atom is 0.231 e. The molecular formula is C25H28N6O2S. The molecule has 0 saturated heterocycles. The number of carbonyl (C=O) groups is 1. The highest BCUT2D eigenvalue weighted by molar-refractivity contribution is 7.99. The van der Waals surface area contributed by atoms with Crippen molar-refractivity contribution in [1.29, 1.82) is 0 Å². The van der Waals surface area contributed by atoms with Crippen LogP contribution in [0.5, 0.6) is 5.75 Å². The van der Waals surface area contributed by atoms with Gasteiger partial charge in [0.05, 0.1) is 12.9 Å². The minimum absolute atomic E-state index is 0.114. The van der Waals surface area contributed by atoms with Crippen LogP contribution in [0.25, 0.3) is 11.4 Å². The van der Waals surface area contributed by atoms with Gasteiger partial charge in [-0.1, -0.05) is 47.7 Å². The smallest absolute Gasteiger partial charge is 0.231 e. The van der Waals surface area contributed by atoms with Crippen LogP contribution < -0.4 is 10.1 Å². The Morgan fingerprint density at radius 2 is 1.97 bits per heavy atom. The molecule has 0 bridgehead atoms. The average Bonchev–Trinajstić information content (AvgIpc) is 3.47. The van der Waals surface area contributed by atoms with Gasteiger partial charge in [-0.2, -0.15) is 0 Å². The van der Waals surface area contributed by atoms with Crippen LogP contribution in [0, 0.1) is 6.92 Å². The number of aryl methyl sites for hydroxylation is 2. The summed E-state index contributed by atoms with van der Waals surface area (Å²) in [6.07, 6.45) is 3.59. The van der Waals surface area contributed by atoms with Crippen molar-refractivity contribution < 1.29 is 9.53 Å². The van der Waals surface area contributed by atoms with E-state index in [2.05, 4.69) is 39.6 Å². The number of aromatic nitrogens is 5. The number of hydrogen-bond donors (Lipinski definition) is 1. The molecule has 0 fully saturated rings. The third-order valence-corrected chi connectivity index (χ3v) is 6.48. The molecule has 0 aliphatic heterocycles. The number of amides is 1. The van der Waals surface area contributed by atoms with Crippen LogP contribution in [0.4, 0.5) is 0 Å². The van der Waals surface area contributed by atoms with Crippen LogP contribution in [-0.2, 0) is 18.4 Å². The molecule has 9 heteroatoms. The lowest BCUT2D eigenvalue weighted by Crippen LogP contribution is -2.32. The van der Waals surface area contributed by atoms with Gasteiger partial charge in [0.1, 0.15) is 17.6 Å². The number of rotatable bonds is 9. The van der Waals surface area contributed by atoms with Gasteiger partial charge in [-0.3, -0.25) is 4.79 Å². The van der Waals surface area contributed by atoms with Crippen LogP contribution in [0.15, 0.2) is 66.1 Å². The fourth-order valence-corrected chi connectivity index (χ4v) is 4.57. The van der Waals surface area contributed by atoms with Gasteiger partial charge < -0.3 is 19.2 Å².